The lowest BCUT2D eigenvalue weighted by atomic mass is 10.0. The molecule has 1 fully saturated rings. The van der Waals surface area contributed by atoms with Crippen LogP contribution in [-0.4, -0.2) is 51.5 Å². The van der Waals surface area contributed by atoms with Gasteiger partial charge in [0, 0.05) is 36.6 Å². The number of hydrogen-bond donors (Lipinski definition) is 2. The van der Waals surface area contributed by atoms with Crippen LogP contribution in [0.4, 0.5) is 10.1 Å². The fraction of sp³-hybridized carbons (Fsp3) is 0.148. The van der Waals surface area contributed by atoms with Crippen LogP contribution in [0.15, 0.2) is 67.1 Å². The highest BCUT2D eigenvalue weighted by atomic mass is 19.1. The van der Waals surface area contributed by atoms with Crippen molar-refractivity contribution < 1.29 is 9.13 Å². The second-order valence-electron chi connectivity index (χ2n) is 8.40. The zero-order chi connectivity index (χ0) is 23.6. The van der Waals surface area contributed by atoms with Crippen LogP contribution in [0.1, 0.15) is 11.1 Å². The van der Waals surface area contributed by atoms with E-state index in [4.69, 9.17) is 9.72 Å². The van der Waals surface area contributed by atoms with Gasteiger partial charge in [0.15, 0.2) is 5.82 Å². The number of nitrogens with zero attached hydrogens (tertiary/aromatic N) is 4. The third-order valence-electron chi connectivity index (χ3n) is 6.12. The van der Waals surface area contributed by atoms with Crippen LogP contribution in [0, 0.1) is 5.82 Å². The lowest BCUT2D eigenvalue weighted by molar-refractivity contribution is 0.122. The number of morpholine rings is 1. The smallest absolute Gasteiger partial charge is 0.159 e. The van der Waals surface area contributed by atoms with E-state index in [2.05, 4.69) is 31.1 Å². The van der Waals surface area contributed by atoms with Crippen molar-refractivity contribution in [1.82, 2.24) is 25.1 Å². The number of para-hydroxylation sites is 1. The van der Waals surface area contributed by atoms with Crippen LogP contribution in [0.5, 0.6) is 0 Å². The SMILES string of the molecule is Fc1cccc(-c2cccc3[nH]c(-c4n[nH]cc4C=Cc4cncc(N5CCOCC5)c4)nc23)c1. The molecule has 0 amide bonds. The van der Waals surface area contributed by atoms with Crippen molar-refractivity contribution in [1.29, 1.82) is 0 Å². The largest absolute Gasteiger partial charge is 0.378 e. The lowest BCUT2D eigenvalue weighted by Crippen LogP contribution is -2.36. The number of aromatic amines is 2. The Bertz CT molecular complexity index is 1520. The maximum absolute atomic E-state index is 13.8. The van der Waals surface area contributed by atoms with Crippen molar-refractivity contribution >= 4 is 28.9 Å². The van der Waals surface area contributed by atoms with E-state index in [9.17, 15) is 4.39 Å². The van der Waals surface area contributed by atoms with E-state index in [-0.39, 0.29) is 5.82 Å². The summed E-state index contributed by atoms with van der Waals surface area (Å²) in [5, 5.41) is 7.38. The van der Waals surface area contributed by atoms with Crippen LogP contribution >= 0.6 is 0 Å². The molecule has 0 atom stereocenters. The van der Waals surface area contributed by atoms with Gasteiger partial charge in [-0.25, -0.2) is 9.37 Å². The van der Waals surface area contributed by atoms with Crippen molar-refractivity contribution in [3.8, 4) is 22.6 Å². The van der Waals surface area contributed by atoms with Gasteiger partial charge in [0.25, 0.3) is 0 Å². The zero-order valence-electron chi connectivity index (χ0n) is 18.9. The van der Waals surface area contributed by atoms with E-state index in [0.717, 1.165) is 65.3 Å². The first-order chi connectivity index (χ1) is 17.2. The number of anilines is 1. The molecule has 174 valence electrons. The Kier molecular flexibility index (Phi) is 5.56. The molecule has 4 heterocycles. The van der Waals surface area contributed by atoms with Gasteiger partial charge < -0.3 is 14.6 Å². The molecule has 0 aliphatic carbocycles. The number of imidazole rings is 1. The average molecular weight is 467 g/mol. The van der Waals surface area contributed by atoms with Crippen LogP contribution < -0.4 is 4.90 Å². The van der Waals surface area contributed by atoms with Gasteiger partial charge in [-0.15, -0.1) is 0 Å². The summed E-state index contributed by atoms with van der Waals surface area (Å²) in [7, 11) is 0. The van der Waals surface area contributed by atoms with E-state index >= 15 is 0 Å². The standard InChI is InChI=1S/C27H23FN6O/c28-21-4-1-3-19(14-21)23-5-2-6-24-26(23)32-27(31-24)25-20(16-30-33-25)8-7-18-13-22(17-29-15-18)34-9-11-35-12-10-34/h1-8,13-17H,9-12H2,(H,30,33)(H,31,32). The number of fused-ring (bicyclic) bond motifs is 1. The lowest BCUT2D eigenvalue weighted by Gasteiger charge is -2.28. The van der Waals surface area contributed by atoms with Crippen LogP contribution in [-0.2, 0) is 4.74 Å². The number of aromatic nitrogens is 5. The number of benzene rings is 2. The van der Waals surface area contributed by atoms with Crippen molar-refractivity contribution in [2.75, 3.05) is 31.2 Å². The second kappa shape index (κ2) is 9.15. The first-order valence-electron chi connectivity index (χ1n) is 11.5. The summed E-state index contributed by atoms with van der Waals surface area (Å²) in [5.41, 5.74) is 6.97. The summed E-state index contributed by atoms with van der Waals surface area (Å²) >= 11 is 0. The first-order valence-corrected chi connectivity index (χ1v) is 11.5. The monoisotopic (exact) mass is 466 g/mol. The summed E-state index contributed by atoms with van der Waals surface area (Å²) in [6.07, 6.45) is 9.58. The van der Waals surface area contributed by atoms with Gasteiger partial charge in [-0.1, -0.05) is 36.4 Å². The molecule has 0 bridgehead atoms. The summed E-state index contributed by atoms with van der Waals surface area (Å²) < 4.78 is 19.3. The molecule has 0 unspecified atom stereocenters. The molecule has 6 rings (SSSR count). The number of halogens is 1. The van der Waals surface area contributed by atoms with Gasteiger partial charge in [-0.3, -0.25) is 10.1 Å². The second-order valence-corrected chi connectivity index (χ2v) is 8.40. The molecule has 5 aromatic rings. The quantitative estimate of drug-likeness (QED) is 0.374. The molecule has 2 aromatic carbocycles. The average Bonchev–Trinajstić information content (AvgIpc) is 3.55. The number of nitrogens with one attached hydrogen (secondary N) is 2. The normalized spacial score (nSPS) is 14.3. The van der Waals surface area contributed by atoms with Gasteiger partial charge in [0.05, 0.1) is 36.1 Å². The van der Waals surface area contributed by atoms with Gasteiger partial charge in [0.2, 0.25) is 0 Å². The number of rotatable bonds is 5. The Morgan fingerprint density at radius 1 is 1.00 bits per heavy atom. The highest BCUT2D eigenvalue weighted by Crippen LogP contribution is 2.31. The van der Waals surface area contributed by atoms with Crippen molar-refractivity contribution in [3.63, 3.8) is 0 Å². The molecule has 0 radical (unpaired) electrons. The molecule has 1 saturated heterocycles. The minimum absolute atomic E-state index is 0.276. The Labute approximate surface area is 201 Å². The maximum atomic E-state index is 13.8. The predicted octanol–water partition coefficient (Wildman–Crippen LogP) is 5.16. The molecule has 8 heteroatoms. The van der Waals surface area contributed by atoms with Crippen molar-refractivity contribution in [2.45, 2.75) is 0 Å². The summed E-state index contributed by atoms with van der Waals surface area (Å²) in [5.74, 6) is 0.368. The fourth-order valence-electron chi connectivity index (χ4n) is 4.37. The molecule has 3 aromatic heterocycles. The third-order valence-corrected chi connectivity index (χ3v) is 6.12. The number of ether oxygens (including phenoxy) is 1. The van der Waals surface area contributed by atoms with Gasteiger partial charge in [-0.05, 0) is 35.4 Å². The fourth-order valence-corrected chi connectivity index (χ4v) is 4.37. The Morgan fingerprint density at radius 3 is 2.77 bits per heavy atom. The summed E-state index contributed by atoms with van der Waals surface area (Å²) in [6, 6.07) is 14.5. The van der Waals surface area contributed by atoms with Gasteiger partial charge in [-0.2, -0.15) is 5.10 Å². The number of hydrogen-bond acceptors (Lipinski definition) is 5. The highest BCUT2D eigenvalue weighted by Gasteiger charge is 2.15. The maximum Gasteiger partial charge on any atom is 0.159 e. The van der Waals surface area contributed by atoms with Gasteiger partial charge >= 0.3 is 0 Å². The Hall–Kier alpha value is -4.30. The van der Waals surface area contributed by atoms with Crippen LogP contribution in [0.3, 0.4) is 0 Å². The van der Waals surface area contributed by atoms with E-state index < -0.39 is 0 Å². The molecular formula is C27H23FN6O. The molecule has 1 aliphatic rings. The van der Waals surface area contributed by atoms with E-state index in [1.807, 2.05) is 55.0 Å². The minimum atomic E-state index is -0.276. The van der Waals surface area contributed by atoms with E-state index in [1.165, 1.54) is 12.1 Å². The summed E-state index contributed by atoms with van der Waals surface area (Å²) in [4.78, 5) is 14.9. The molecular weight excluding hydrogens is 443 g/mol. The van der Waals surface area contributed by atoms with E-state index in [0.29, 0.717) is 11.5 Å². The first kappa shape index (κ1) is 21.2. The Morgan fingerprint density at radius 2 is 1.89 bits per heavy atom. The number of H-pyrrole nitrogens is 2. The van der Waals surface area contributed by atoms with Crippen molar-refractivity contribution in [2.24, 2.45) is 0 Å². The molecule has 0 saturated carbocycles. The number of pyridine rings is 1. The van der Waals surface area contributed by atoms with E-state index in [1.54, 1.807) is 6.07 Å². The summed E-state index contributed by atoms with van der Waals surface area (Å²) in [6.45, 7) is 3.20. The molecule has 1 aliphatic heterocycles. The Balaban J connectivity index is 1.31. The molecule has 0 spiro atoms. The van der Waals surface area contributed by atoms with Crippen LogP contribution in [0.2, 0.25) is 0 Å². The predicted molar refractivity (Wildman–Crippen MR) is 135 cm³/mol. The highest BCUT2D eigenvalue weighted by molar-refractivity contribution is 5.94. The van der Waals surface area contributed by atoms with Crippen LogP contribution in [0.25, 0.3) is 45.8 Å². The topological polar surface area (TPSA) is 82.7 Å². The third kappa shape index (κ3) is 4.31. The minimum Gasteiger partial charge on any atom is -0.378 e. The molecule has 2 N–H and O–H groups in total. The molecule has 35 heavy (non-hydrogen) atoms. The molecule has 7 nitrogen and oxygen atoms in total. The van der Waals surface area contributed by atoms with Gasteiger partial charge in [0.1, 0.15) is 11.5 Å². The zero-order valence-corrected chi connectivity index (χ0v) is 18.9. The van der Waals surface area contributed by atoms with Crippen molar-refractivity contribution in [3.05, 3.63) is 84.1 Å².